The normalized spacial score (nSPS) is 18.7. The van der Waals surface area contributed by atoms with Gasteiger partial charge in [0.1, 0.15) is 0 Å². The zero-order valence-corrected chi connectivity index (χ0v) is 16.7. The highest BCUT2D eigenvalue weighted by atomic mass is 16.2. The zero-order chi connectivity index (χ0) is 19.1. The quantitative estimate of drug-likeness (QED) is 0.529. The lowest BCUT2D eigenvalue weighted by molar-refractivity contribution is 0.131. The van der Waals surface area contributed by atoms with E-state index in [2.05, 4.69) is 33.9 Å². The van der Waals surface area contributed by atoms with Crippen LogP contribution in [-0.2, 0) is 6.54 Å². The summed E-state index contributed by atoms with van der Waals surface area (Å²) >= 11 is 0. The van der Waals surface area contributed by atoms with Crippen molar-refractivity contribution in [3.05, 3.63) is 29.8 Å². The zero-order valence-electron chi connectivity index (χ0n) is 16.7. The van der Waals surface area contributed by atoms with Crippen molar-refractivity contribution >= 4 is 17.7 Å². The van der Waals surface area contributed by atoms with Gasteiger partial charge in [0.25, 0.3) is 0 Å². The number of guanidine groups is 1. The summed E-state index contributed by atoms with van der Waals surface area (Å²) in [7, 11) is 1.81. The van der Waals surface area contributed by atoms with E-state index < -0.39 is 0 Å². The molecule has 1 saturated carbocycles. The lowest BCUT2D eigenvalue weighted by Gasteiger charge is -2.41. The van der Waals surface area contributed by atoms with Crippen LogP contribution in [0, 0.1) is 5.41 Å². The van der Waals surface area contributed by atoms with Crippen molar-refractivity contribution < 1.29 is 4.79 Å². The number of benzene rings is 1. The van der Waals surface area contributed by atoms with Crippen LogP contribution in [0.3, 0.4) is 0 Å². The monoisotopic (exact) mass is 371 g/mol. The van der Waals surface area contributed by atoms with Crippen LogP contribution in [-0.4, -0.2) is 43.6 Å². The molecule has 1 aromatic carbocycles. The largest absolute Gasteiger partial charge is 0.356 e. The molecule has 6 heteroatoms. The number of likely N-dealkylation sites (tertiary alicyclic amines) is 1. The molecule has 1 heterocycles. The molecular weight excluding hydrogens is 338 g/mol. The van der Waals surface area contributed by atoms with Crippen LogP contribution in [0.5, 0.6) is 0 Å². The fraction of sp³-hybridized carbons (Fsp3) is 0.619. The number of carbonyl (C=O) groups excluding carboxylic acids is 1. The molecule has 27 heavy (non-hydrogen) atoms. The summed E-state index contributed by atoms with van der Waals surface area (Å²) in [4.78, 5) is 18.5. The first-order valence-corrected chi connectivity index (χ1v) is 10.2. The van der Waals surface area contributed by atoms with E-state index in [0.717, 1.165) is 49.7 Å². The lowest BCUT2D eigenvalue weighted by atomic mass is 9.67. The van der Waals surface area contributed by atoms with Gasteiger partial charge in [0.15, 0.2) is 5.96 Å². The van der Waals surface area contributed by atoms with Crippen molar-refractivity contribution in [3.8, 4) is 0 Å². The number of carbonyl (C=O) groups is 1. The molecule has 0 bridgehead atoms. The van der Waals surface area contributed by atoms with Crippen molar-refractivity contribution in [2.45, 2.75) is 52.0 Å². The second kappa shape index (κ2) is 9.11. The Morgan fingerprint density at radius 3 is 2.59 bits per heavy atom. The molecule has 148 valence electrons. The van der Waals surface area contributed by atoms with Gasteiger partial charge in [-0.2, -0.15) is 0 Å². The van der Waals surface area contributed by atoms with Gasteiger partial charge in [0, 0.05) is 38.9 Å². The van der Waals surface area contributed by atoms with Gasteiger partial charge in [-0.15, -0.1) is 0 Å². The lowest BCUT2D eigenvalue weighted by Crippen LogP contribution is -2.46. The first-order chi connectivity index (χ1) is 13.1. The highest BCUT2D eigenvalue weighted by Crippen LogP contribution is 2.42. The molecule has 0 radical (unpaired) electrons. The second-order valence-electron chi connectivity index (χ2n) is 7.81. The van der Waals surface area contributed by atoms with Gasteiger partial charge < -0.3 is 20.9 Å². The number of aliphatic imine (C=N–C) groups is 1. The van der Waals surface area contributed by atoms with Gasteiger partial charge in [-0.1, -0.05) is 25.5 Å². The number of nitrogens with one attached hydrogen (secondary N) is 3. The van der Waals surface area contributed by atoms with Crippen LogP contribution in [0.25, 0.3) is 0 Å². The molecule has 2 fully saturated rings. The minimum Gasteiger partial charge on any atom is -0.356 e. The summed E-state index contributed by atoms with van der Waals surface area (Å²) in [5.74, 6) is 0.834. The summed E-state index contributed by atoms with van der Waals surface area (Å²) in [6.07, 6.45) is 7.39. The Balaban J connectivity index is 1.48. The summed E-state index contributed by atoms with van der Waals surface area (Å²) in [6.45, 7) is 5.64. The molecule has 2 aliphatic rings. The molecule has 1 aliphatic carbocycles. The second-order valence-corrected chi connectivity index (χ2v) is 7.81. The van der Waals surface area contributed by atoms with E-state index in [1.165, 1.54) is 25.7 Å². The highest BCUT2D eigenvalue weighted by molar-refractivity contribution is 5.89. The van der Waals surface area contributed by atoms with Crippen LogP contribution in [0.2, 0.25) is 0 Å². The third kappa shape index (κ3) is 5.15. The smallest absolute Gasteiger partial charge is 0.321 e. The predicted molar refractivity (Wildman–Crippen MR) is 111 cm³/mol. The third-order valence-electron chi connectivity index (χ3n) is 6.05. The topological polar surface area (TPSA) is 68.8 Å². The van der Waals surface area contributed by atoms with Crippen molar-refractivity contribution in [1.29, 1.82) is 0 Å². The number of nitrogens with zero attached hydrogens (tertiary/aromatic N) is 2. The van der Waals surface area contributed by atoms with Crippen molar-refractivity contribution in [2.24, 2.45) is 10.4 Å². The Hall–Kier alpha value is -2.24. The Morgan fingerprint density at radius 1 is 1.19 bits per heavy atom. The molecule has 3 rings (SSSR count). The first-order valence-electron chi connectivity index (χ1n) is 10.2. The van der Waals surface area contributed by atoms with E-state index in [4.69, 9.17) is 0 Å². The van der Waals surface area contributed by atoms with E-state index in [1.807, 2.05) is 23.1 Å². The molecule has 0 atom stereocenters. The molecule has 6 nitrogen and oxygen atoms in total. The minimum atomic E-state index is 0.000415. The maximum atomic E-state index is 12.3. The van der Waals surface area contributed by atoms with Gasteiger partial charge in [-0.25, -0.2) is 4.79 Å². The highest BCUT2D eigenvalue weighted by Gasteiger charge is 2.34. The number of anilines is 1. The van der Waals surface area contributed by atoms with Gasteiger partial charge in [0.05, 0.1) is 0 Å². The Bertz CT molecular complexity index is 657. The van der Waals surface area contributed by atoms with Crippen LogP contribution in [0.1, 0.15) is 51.0 Å². The van der Waals surface area contributed by atoms with Crippen molar-refractivity contribution in [2.75, 3.05) is 32.0 Å². The number of urea groups is 1. The molecule has 3 N–H and O–H groups in total. The minimum absolute atomic E-state index is 0.000415. The molecular formula is C21H33N5O. The number of hydrogen-bond donors (Lipinski definition) is 3. The van der Waals surface area contributed by atoms with E-state index in [-0.39, 0.29) is 6.03 Å². The SMILES string of the molecule is CCC1(CNC(=NC)NCc2cccc(NC(=O)N3CCCC3)c2)CCC1. The van der Waals surface area contributed by atoms with Gasteiger partial charge in [-0.3, -0.25) is 4.99 Å². The van der Waals surface area contributed by atoms with Crippen molar-refractivity contribution in [3.63, 3.8) is 0 Å². The van der Waals surface area contributed by atoms with E-state index in [1.54, 1.807) is 7.05 Å². The van der Waals surface area contributed by atoms with Crippen molar-refractivity contribution in [1.82, 2.24) is 15.5 Å². The Labute approximate surface area is 162 Å². The molecule has 0 spiro atoms. The van der Waals surface area contributed by atoms with Crippen LogP contribution in [0.4, 0.5) is 10.5 Å². The molecule has 0 unspecified atom stereocenters. The molecule has 0 aromatic heterocycles. The third-order valence-corrected chi connectivity index (χ3v) is 6.05. The fourth-order valence-electron chi connectivity index (χ4n) is 3.89. The van der Waals surface area contributed by atoms with Gasteiger partial charge in [-0.05, 0) is 55.2 Å². The number of amides is 2. The fourth-order valence-corrected chi connectivity index (χ4v) is 3.89. The first kappa shape index (κ1) is 19.5. The van der Waals surface area contributed by atoms with E-state index in [9.17, 15) is 4.79 Å². The van der Waals surface area contributed by atoms with Crippen LogP contribution >= 0.6 is 0 Å². The predicted octanol–water partition coefficient (Wildman–Crippen LogP) is 3.56. The van der Waals surface area contributed by atoms with E-state index in [0.29, 0.717) is 12.0 Å². The van der Waals surface area contributed by atoms with Crippen LogP contribution in [0.15, 0.2) is 29.3 Å². The average Bonchev–Trinajstić information content (AvgIpc) is 3.19. The maximum absolute atomic E-state index is 12.3. The van der Waals surface area contributed by atoms with Gasteiger partial charge >= 0.3 is 6.03 Å². The molecule has 2 amide bonds. The summed E-state index contributed by atoms with van der Waals surface area (Å²) in [5, 5.41) is 9.87. The summed E-state index contributed by atoms with van der Waals surface area (Å²) in [6, 6.07) is 8.00. The van der Waals surface area contributed by atoms with Crippen LogP contribution < -0.4 is 16.0 Å². The van der Waals surface area contributed by atoms with Gasteiger partial charge in [0.2, 0.25) is 0 Å². The molecule has 1 saturated heterocycles. The Morgan fingerprint density at radius 2 is 1.96 bits per heavy atom. The van der Waals surface area contributed by atoms with E-state index >= 15 is 0 Å². The average molecular weight is 372 g/mol. The standard InChI is InChI=1S/C21H33N5O/c1-3-21(10-7-11-21)16-24-19(22-2)23-15-17-8-6-9-18(14-17)25-20(27)26-12-4-5-13-26/h6,8-9,14H,3-5,7,10-13,15-16H2,1-2H3,(H,25,27)(H2,22,23,24). The summed E-state index contributed by atoms with van der Waals surface area (Å²) in [5.41, 5.74) is 2.41. The number of rotatable bonds is 6. The maximum Gasteiger partial charge on any atom is 0.321 e. The Kier molecular flexibility index (Phi) is 6.58. The molecule has 1 aromatic rings. The molecule has 1 aliphatic heterocycles. The number of hydrogen-bond acceptors (Lipinski definition) is 2. The summed E-state index contributed by atoms with van der Waals surface area (Å²) < 4.78 is 0.